The maximum atomic E-state index is 12.0. The number of anilines is 1. The van der Waals surface area contributed by atoms with Gasteiger partial charge in [0.2, 0.25) is 5.91 Å². The molecule has 3 heteroatoms. The van der Waals surface area contributed by atoms with E-state index in [1.807, 2.05) is 31.3 Å². The molecular weight excluding hydrogens is 224 g/mol. The van der Waals surface area contributed by atoms with Crippen LogP contribution in [0.25, 0.3) is 0 Å². The Morgan fingerprint density at radius 1 is 1.28 bits per heavy atom. The van der Waals surface area contributed by atoms with Gasteiger partial charge in [0.1, 0.15) is 0 Å². The van der Waals surface area contributed by atoms with Gasteiger partial charge in [-0.25, -0.2) is 0 Å². The summed E-state index contributed by atoms with van der Waals surface area (Å²) in [6, 6.07) is 7.67. The fourth-order valence-corrected chi connectivity index (χ4v) is 1.69. The Kier molecular flexibility index (Phi) is 4.76. The zero-order valence-corrected chi connectivity index (χ0v) is 11.9. The van der Waals surface area contributed by atoms with E-state index in [0.717, 1.165) is 17.7 Å². The summed E-state index contributed by atoms with van der Waals surface area (Å²) >= 11 is 0. The SMILES string of the molecule is CN(Cc1ccccc1N)C(=O)CCC(C)(C)C. The number of rotatable bonds is 4. The van der Waals surface area contributed by atoms with Crippen LogP contribution in [-0.2, 0) is 11.3 Å². The molecule has 0 aliphatic carbocycles. The van der Waals surface area contributed by atoms with Gasteiger partial charge in [0, 0.05) is 25.7 Å². The Hall–Kier alpha value is -1.51. The molecule has 0 aliphatic heterocycles. The molecule has 1 rings (SSSR count). The first-order valence-corrected chi connectivity index (χ1v) is 6.37. The van der Waals surface area contributed by atoms with Crippen molar-refractivity contribution in [1.29, 1.82) is 0 Å². The Labute approximate surface area is 110 Å². The molecule has 0 heterocycles. The van der Waals surface area contributed by atoms with Gasteiger partial charge in [0.15, 0.2) is 0 Å². The minimum Gasteiger partial charge on any atom is -0.398 e. The van der Waals surface area contributed by atoms with Crippen molar-refractivity contribution in [3.8, 4) is 0 Å². The summed E-state index contributed by atoms with van der Waals surface area (Å²) in [5.41, 5.74) is 7.82. The quantitative estimate of drug-likeness (QED) is 0.832. The second-order valence-corrected chi connectivity index (χ2v) is 6.01. The predicted molar refractivity (Wildman–Crippen MR) is 76.0 cm³/mol. The average molecular weight is 248 g/mol. The molecular formula is C15H24N2O. The smallest absolute Gasteiger partial charge is 0.222 e. The highest BCUT2D eigenvalue weighted by Crippen LogP contribution is 2.21. The minimum absolute atomic E-state index is 0.174. The van der Waals surface area contributed by atoms with Crippen molar-refractivity contribution in [3.63, 3.8) is 0 Å². The molecule has 100 valence electrons. The molecule has 0 saturated heterocycles. The highest BCUT2D eigenvalue weighted by atomic mass is 16.2. The van der Waals surface area contributed by atoms with Gasteiger partial charge < -0.3 is 10.6 Å². The highest BCUT2D eigenvalue weighted by molar-refractivity contribution is 5.76. The third-order valence-electron chi connectivity index (χ3n) is 2.98. The number of nitrogens with zero attached hydrogens (tertiary/aromatic N) is 1. The van der Waals surface area contributed by atoms with Crippen LogP contribution < -0.4 is 5.73 Å². The largest absolute Gasteiger partial charge is 0.398 e. The summed E-state index contributed by atoms with van der Waals surface area (Å²) in [4.78, 5) is 13.7. The molecule has 0 radical (unpaired) electrons. The van der Waals surface area contributed by atoms with Gasteiger partial charge in [0.05, 0.1) is 0 Å². The third-order valence-corrected chi connectivity index (χ3v) is 2.98. The van der Waals surface area contributed by atoms with Gasteiger partial charge in [-0.1, -0.05) is 39.0 Å². The van der Waals surface area contributed by atoms with Crippen molar-refractivity contribution < 1.29 is 4.79 Å². The molecule has 0 fully saturated rings. The molecule has 0 spiro atoms. The van der Waals surface area contributed by atoms with Crippen molar-refractivity contribution in [1.82, 2.24) is 4.90 Å². The number of para-hydroxylation sites is 1. The van der Waals surface area contributed by atoms with Crippen LogP contribution in [-0.4, -0.2) is 17.9 Å². The van der Waals surface area contributed by atoms with Crippen molar-refractivity contribution >= 4 is 11.6 Å². The van der Waals surface area contributed by atoms with Crippen molar-refractivity contribution in [2.75, 3.05) is 12.8 Å². The number of amides is 1. The molecule has 18 heavy (non-hydrogen) atoms. The van der Waals surface area contributed by atoms with Gasteiger partial charge in [-0.3, -0.25) is 4.79 Å². The van der Waals surface area contributed by atoms with E-state index < -0.39 is 0 Å². The van der Waals surface area contributed by atoms with Crippen LogP contribution in [0.5, 0.6) is 0 Å². The summed E-state index contributed by atoms with van der Waals surface area (Å²) in [6.45, 7) is 7.02. The summed E-state index contributed by atoms with van der Waals surface area (Å²) in [7, 11) is 1.83. The zero-order valence-electron chi connectivity index (χ0n) is 11.9. The van der Waals surface area contributed by atoms with Crippen molar-refractivity contribution in [3.05, 3.63) is 29.8 Å². The number of hydrogen-bond donors (Lipinski definition) is 1. The maximum Gasteiger partial charge on any atom is 0.222 e. The average Bonchev–Trinajstić information content (AvgIpc) is 2.28. The number of nitrogens with two attached hydrogens (primary N) is 1. The molecule has 0 aliphatic rings. The Morgan fingerprint density at radius 2 is 1.89 bits per heavy atom. The van der Waals surface area contributed by atoms with E-state index in [9.17, 15) is 4.79 Å². The lowest BCUT2D eigenvalue weighted by molar-refractivity contribution is -0.130. The normalized spacial score (nSPS) is 11.3. The van der Waals surface area contributed by atoms with Gasteiger partial charge in [-0.05, 0) is 23.5 Å². The van der Waals surface area contributed by atoms with E-state index in [1.54, 1.807) is 4.90 Å². The summed E-state index contributed by atoms with van der Waals surface area (Å²) in [5.74, 6) is 0.174. The van der Waals surface area contributed by atoms with Crippen LogP contribution >= 0.6 is 0 Å². The lowest BCUT2D eigenvalue weighted by atomic mass is 9.90. The molecule has 3 nitrogen and oxygen atoms in total. The molecule has 1 aromatic carbocycles. The van der Waals surface area contributed by atoms with Crippen LogP contribution in [0.1, 0.15) is 39.2 Å². The third kappa shape index (κ3) is 4.78. The maximum absolute atomic E-state index is 12.0. The number of carbonyl (C=O) groups is 1. The highest BCUT2D eigenvalue weighted by Gasteiger charge is 2.16. The van der Waals surface area contributed by atoms with E-state index in [1.165, 1.54) is 0 Å². The van der Waals surface area contributed by atoms with Gasteiger partial charge in [0.25, 0.3) is 0 Å². The number of benzene rings is 1. The lowest BCUT2D eigenvalue weighted by Gasteiger charge is -2.22. The number of nitrogen functional groups attached to an aromatic ring is 1. The predicted octanol–water partition coefficient (Wildman–Crippen LogP) is 3.05. The standard InChI is InChI=1S/C15H24N2O/c1-15(2,3)10-9-14(18)17(4)11-12-7-5-6-8-13(12)16/h5-8H,9-11,16H2,1-4H3. The first-order chi connectivity index (χ1) is 8.29. The van der Waals surface area contributed by atoms with Gasteiger partial charge in [-0.2, -0.15) is 0 Å². The van der Waals surface area contributed by atoms with Crippen LogP contribution in [0, 0.1) is 5.41 Å². The lowest BCUT2D eigenvalue weighted by Crippen LogP contribution is -2.27. The van der Waals surface area contributed by atoms with E-state index in [-0.39, 0.29) is 11.3 Å². The second kappa shape index (κ2) is 5.89. The first-order valence-electron chi connectivity index (χ1n) is 6.37. The Balaban J connectivity index is 2.53. The Bertz CT molecular complexity index is 407. The molecule has 2 N–H and O–H groups in total. The molecule has 1 aromatic rings. The van der Waals surface area contributed by atoms with Crippen LogP contribution in [0.2, 0.25) is 0 Å². The van der Waals surface area contributed by atoms with E-state index in [4.69, 9.17) is 5.73 Å². The Morgan fingerprint density at radius 3 is 2.44 bits per heavy atom. The molecule has 0 bridgehead atoms. The van der Waals surface area contributed by atoms with E-state index in [2.05, 4.69) is 20.8 Å². The van der Waals surface area contributed by atoms with Crippen molar-refractivity contribution in [2.45, 2.75) is 40.2 Å². The monoisotopic (exact) mass is 248 g/mol. The van der Waals surface area contributed by atoms with Gasteiger partial charge in [-0.15, -0.1) is 0 Å². The summed E-state index contributed by atoms with van der Waals surface area (Å²) < 4.78 is 0. The van der Waals surface area contributed by atoms with Crippen molar-refractivity contribution in [2.24, 2.45) is 5.41 Å². The summed E-state index contributed by atoms with van der Waals surface area (Å²) in [6.07, 6.45) is 1.49. The topological polar surface area (TPSA) is 46.3 Å². The summed E-state index contributed by atoms with van der Waals surface area (Å²) in [5, 5.41) is 0. The number of carbonyl (C=O) groups excluding carboxylic acids is 1. The molecule has 0 aromatic heterocycles. The fourth-order valence-electron chi connectivity index (χ4n) is 1.69. The minimum atomic E-state index is 0.174. The van der Waals surface area contributed by atoms with Crippen LogP contribution in [0.15, 0.2) is 24.3 Å². The fraction of sp³-hybridized carbons (Fsp3) is 0.533. The van der Waals surface area contributed by atoms with E-state index in [0.29, 0.717) is 13.0 Å². The molecule has 0 atom stereocenters. The molecule has 1 amide bonds. The van der Waals surface area contributed by atoms with Crippen LogP contribution in [0.4, 0.5) is 5.69 Å². The second-order valence-electron chi connectivity index (χ2n) is 6.01. The first kappa shape index (κ1) is 14.6. The molecule has 0 saturated carbocycles. The van der Waals surface area contributed by atoms with Gasteiger partial charge >= 0.3 is 0 Å². The zero-order chi connectivity index (χ0) is 13.8. The molecule has 0 unspecified atom stereocenters. The number of hydrogen-bond acceptors (Lipinski definition) is 2. The van der Waals surface area contributed by atoms with E-state index >= 15 is 0 Å². The van der Waals surface area contributed by atoms with Crippen LogP contribution in [0.3, 0.4) is 0 Å².